The Morgan fingerprint density at radius 3 is 2.65 bits per heavy atom. The molecule has 0 radical (unpaired) electrons. The minimum atomic E-state index is -3.38. The van der Waals surface area contributed by atoms with Crippen LogP contribution < -0.4 is 4.72 Å². The summed E-state index contributed by atoms with van der Waals surface area (Å²) < 4.78 is 29.1. The first-order valence-corrected chi connectivity index (χ1v) is 10.5. The van der Waals surface area contributed by atoms with E-state index in [9.17, 15) is 13.2 Å². The first kappa shape index (κ1) is 18.7. The molecule has 1 aliphatic rings. The number of hydrogen-bond donors (Lipinski definition) is 1. The van der Waals surface area contributed by atoms with Crippen molar-refractivity contribution < 1.29 is 13.2 Å². The highest BCUT2D eigenvalue weighted by Crippen LogP contribution is 2.19. The fraction of sp³-hybridized carbons (Fsp3) is 0.421. The minimum absolute atomic E-state index is 0.00865. The maximum absolute atomic E-state index is 12.6. The molecule has 0 saturated carbocycles. The van der Waals surface area contributed by atoms with Crippen LogP contribution in [0.2, 0.25) is 0 Å². The molecule has 0 bridgehead atoms. The van der Waals surface area contributed by atoms with Crippen LogP contribution >= 0.6 is 0 Å². The van der Waals surface area contributed by atoms with Crippen LogP contribution in [0.4, 0.5) is 0 Å². The summed E-state index contributed by atoms with van der Waals surface area (Å²) in [6, 6.07) is 12.8. The predicted molar refractivity (Wildman–Crippen MR) is 101 cm³/mol. The third kappa shape index (κ3) is 4.74. The molecule has 1 aromatic carbocycles. The lowest BCUT2D eigenvalue weighted by Crippen LogP contribution is -2.44. The molecule has 0 aliphatic carbocycles. The van der Waals surface area contributed by atoms with Gasteiger partial charge in [-0.1, -0.05) is 30.3 Å². The van der Waals surface area contributed by atoms with Gasteiger partial charge in [-0.3, -0.25) is 4.79 Å². The smallest absolute Gasteiger partial charge is 0.270 e. The number of nitrogens with one attached hydrogen (secondary N) is 1. The number of aromatic nitrogens is 1. The van der Waals surface area contributed by atoms with Crippen LogP contribution in [0.15, 0.2) is 48.7 Å². The number of rotatable bonds is 6. The van der Waals surface area contributed by atoms with Gasteiger partial charge in [-0.15, -0.1) is 0 Å². The van der Waals surface area contributed by atoms with Crippen molar-refractivity contribution in [3.05, 3.63) is 59.9 Å². The van der Waals surface area contributed by atoms with Crippen LogP contribution in [0.3, 0.4) is 0 Å². The van der Waals surface area contributed by atoms with Crippen LogP contribution in [-0.2, 0) is 22.8 Å². The fourth-order valence-electron chi connectivity index (χ4n) is 3.35. The van der Waals surface area contributed by atoms with Crippen molar-refractivity contribution in [2.75, 3.05) is 19.6 Å². The normalized spacial score (nSPS) is 18.0. The van der Waals surface area contributed by atoms with Gasteiger partial charge < -0.3 is 9.47 Å². The Kier molecular flexibility index (Phi) is 5.78. The van der Waals surface area contributed by atoms with Gasteiger partial charge in [0.05, 0.1) is 5.75 Å². The largest absolute Gasteiger partial charge is 0.347 e. The van der Waals surface area contributed by atoms with Crippen molar-refractivity contribution >= 4 is 15.9 Å². The van der Waals surface area contributed by atoms with E-state index in [1.807, 2.05) is 53.0 Å². The summed E-state index contributed by atoms with van der Waals surface area (Å²) in [5.74, 6) is 0.125. The van der Waals surface area contributed by atoms with Crippen LogP contribution in [0.1, 0.15) is 28.9 Å². The van der Waals surface area contributed by atoms with E-state index in [1.54, 1.807) is 12.1 Å². The van der Waals surface area contributed by atoms with Gasteiger partial charge in [0, 0.05) is 32.9 Å². The molecule has 0 spiro atoms. The number of aryl methyl sites for hydroxylation is 1. The molecule has 1 aromatic heterocycles. The van der Waals surface area contributed by atoms with Gasteiger partial charge in [0.2, 0.25) is 10.0 Å². The minimum Gasteiger partial charge on any atom is -0.347 e. The Bertz CT molecular complexity index is 846. The number of carbonyl (C=O) groups excluding carboxylic acids is 1. The lowest BCUT2D eigenvalue weighted by Gasteiger charge is -2.33. The van der Waals surface area contributed by atoms with Gasteiger partial charge in [0.25, 0.3) is 5.91 Å². The lowest BCUT2D eigenvalue weighted by molar-refractivity contribution is 0.0666. The number of benzene rings is 1. The first-order valence-electron chi connectivity index (χ1n) is 8.86. The maximum atomic E-state index is 12.6. The van der Waals surface area contributed by atoms with Crippen LogP contribution in [-0.4, -0.2) is 43.4 Å². The Morgan fingerprint density at radius 2 is 1.96 bits per heavy atom. The number of carbonyl (C=O) groups is 1. The Labute approximate surface area is 154 Å². The molecule has 2 heterocycles. The zero-order chi connectivity index (χ0) is 18.6. The third-order valence-corrected chi connectivity index (χ3v) is 6.08. The standard InChI is InChI=1S/C19H25N3O3S/c1-21-11-6-10-18(21)19(23)22-12-5-9-17(14-22)13-20-26(24,25)15-16-7-3-2-4-8-16/h2-4,6-8,10-11,17,20H,5,9,12-15H2,1H3/t17-/m0/s1. The molecular weight excluding hydrogens is 350 g/mol. The number of piperidine rings is 1. The molecule has 1 amide bonds. The van der Waals surface area contributed by atoms with E-state index in [4.69, 9.17) is 0 Å². The van der Waals surface area contributed by atoms with Crippen LogP contribution in [0.25, 0.3) is 0 Å². The molecule has 1 aliphatic heterocycles. The van der Waals surface area contributed by atoms with E-state index in [-0.39, 0.29) is 17.6 Å². The molecule has 3 rings (SSSR count). The van der Waals surface area contributed by atoms with Gasteiger partial charge >= 0.3 is 0 Å². The van der Waals surface area contributed by atoms with Gasteiger partial charge in [0.1, 0.15) is 5.69 Å². The van der Waals surface area contributed by atoms with Crippen molar-refractivity contribution in [3.63, 3.8) is 0 Å². The van der Waals surface area contributed by atoms with Crippen molar-refractivity contribution in [1.82, 2.24) is 14.2 Å². The summed E-state index contributed by atoms with van der Waals surface area (Å²) in [6.45, 7) is 1.67. The van der Waals surface area contributed by atoms with Gasteiger partial charge in [-0.2, -0.15) is 0 Å². The monoisotopic (exact) mass is 375 g/mol. The van der Waals surface area contributed by atoms with E-state index in [0.717, 1.165) is 24.9 Å². The van der Waals surface area contributed by atoms with Crippen molar-refractivity contribution in [1.29, 1.82) is 0 Å². The molecule has 6 nitrogen and oxygen atoms in total. The number of hydrogen-bond acceptors (Lipinski definition) is 3. The number of sulfonamides is 1. The highest BCUT2D eigenvalue weighted by molar-refractivity contribution is 7.88. The second-order valence-electron chi connectivity index (χ2n) is 6.86. The molecule has 1 N–H and O–H groups in total. The van der Waals surface area contributed by atoms with Crippen LogP contribution in [0, 0.1) is 5.92 Å². The van der Waals surface area contributed by atoms with Crippen molar-refractivity contribution in [2.45, 2.75) is 18.6 Å². The fourth-order valence-corrected chi connectivity index (χ4v) is 4.57. The Morgan fingerprint density at radius 1 is 1.19 bits per heavy atom. The Hall–Kier alpha value is -2.12. The molecule has 7 heteroatoms. The quantitative estimate of drug-likeness (QED) is 0.839. The summed E-state index contributed by atoms with van der Waals surface area (Å²) in [6.07, 6.45) is 3.67. The van der Waals surface area contributed by atoms with Gasteiger partial charge in [0.15, 0.2) is 0 Å². The summed E-state index contributed by atoms with van der Waals surface area (Å²) in [5.41, 5.74) is 1.43. The van der Waals surface area contributed by atoms with E-state index in [1.165, 1.54) is 0 Å². The third-order valence-electron chi connectivity index (χ3n) is 4.76. The number of amides is 1. The molecule has 2 aromatic rings. The molecule has 1 fully saturated rings. The van der Waals surface area contributed by atoms with Crippen LogP contribution in [0.5, 0.6) is 0 Å². The van der Waals surface area contributed by atoms with E-state index in [0.29, 0.717) is 18.8 Å². The van der Waals surface area contributed by atoms with E-state index < -0.39 is 10.0 Å². The Balaban J connectivity index is 1.55. The number of likely N-dealkylation sites (tertiary alicyclic amines) is 1. The first-order chi connectivity index (χ1) is 12.4. The SMILES string of the molecule is Cn1cccc1C(=O)N1CCC[C@@H](CNS(=O)(=O)Cc2ccccc2)C1. The average molecular weight is 375 g/mol. The molecule has 1 atom stereocenters. The summed E-state index contributed by atoms with van der Waals surface area (Å²) >= 11 is 0. The molecule has 140 valence electrons. The predicted octanol–water partition coefficient (Wildman–Crippen LogP) is 2.00. The van der Waals surface area contributed by atoms with Crippen molar-refractivity contribution in [3.8, 4) is 0 Å². The highest BCUT2D eigenvalue weighted by Gasteiger charge is 2.26. The summed E-state index contributed by atoms with van der Waals surface area (Å²) in [5, 5.41) is 0. The lowest BCUT2D eigenvalue weighted by atomic mass is 9.98. The molecule has 1 saturated heterocycles. The molecular formula is C19H25N3O3S. The zero-order valence-electron chi connectivity index (χ0n) is 15.0. The molecule has 26 heavy (non-hydrogen) atoms. The number of nitrogens with zero attached hydrogens (tertiary/aromatic N) is 2. The van der Waals surface area contributed by atoms with Gasteiger partial charge in [-0.25, -0.2) is 13.1 Å². The van der Waals surface area contributed by atoms with Crippen molar-refractivity contribution in [2.24, 2.45) is 13.0 Å². The summed E-state index contributed by atoms with van der Waals surface area (Å²) in [7, 11) is -1.53. The van der Waals surface area contributed by atoms with E-state index >= 15 is 0 Å². The maximum Gasteiger partial charge on any atom is 0.270 e. The summed E-state index contributed by atoms with van der Waals surface area (Å²) in [4.78, 5) is 14.5. The topological polar surface area (TPSA) is 71.4 Å². The second kappa shape index (κ2) is 8.05. The zero-order valence-corrected chi connectivity index (χ0v) is 15.8. The highest BCUT2D eigenvalue weighted by atomic mass is 32.2. The van der Waals surface area contributed by atoms with Gasteiger partial charge in [-0.05, 0) is 36.5 Å². The van der Waals surface area contributed by atoms with E-state index in [2.05, 4.69) is 4.72 Å². The average Bonchev–Trinajstić information content (AvgIpc) is 3.06. The molecule has 0 unspecified atom stereocenters. The second-order valence-corrected chi connectivity index (χ2v) is 8.66.